The van der Waals surface area contributed by atoms with Gasteiger partial charge in [0.25, 0.3) is 0 Å². The molecule has 1 fully saturated rings. The summed E-state index contributed by atoms with van der Waals surface area (Å²) in [5.74, 6) is 0.633. The van der Waals surface area contributed by atoms with Gasteiger partial charge in [-0.25, -0.2) is 28.4 Å². The Kier molecular flexibility index (Phi) is 6.69. The van der Waals surface area contributed by atoms with Crippen molar-refractivity contribution in [3.05, 3.63) is 90.7 Å². The predicted octanol–water partition coefficient (Wildman–Crippen LogP) is 4.09. The molecule has 1 saturated heterocycles. The quantitative estimate of drug-likeness (QED) is 0.290. The van der Waals surface area contributed by atoms with Crippen LogP contribution in [0.1, 0.15) is 30.0 Å². The molecule has 4 aromatic heterocycles. The number of fused-ring (bicyclic) bond motifs is 2. The van der Waals surface area contributed by atoms with Crippen LogP contribution in [0.15, 0.2) is 73.7 Å². The number of amides is 1. The lowest BCUT2D eigenvalue weighted by Gasteiger charge is -2.34. The molecule has 5 aromatic rings. The number of anilines is 1. The van der Waals surface area contributed by atoms with Gasteiger partial charge in [0.1, 0.15) is 23.3 Å². The molecule has 1 aliphatic heterocycles. The Labute approximate surface area is 245 Å². The highest BCUT2D eigenvalue weighted by atomic mass is 19.1. The second kappa shape index (κ2) is 10.7. The molecule has 1 aromatic carbocycles. The third-order valence-corrected chi connectivity index (χ3v) is 8.25. The maximum atomic E-state index is 16.1. The highest BCUT2D eigenvalue weighted by Gasteiger charge is 2.38. The minimum atomic E-state index is -1.30. The number of aromatic nitrogens is 6. The maximum Gasteiger partial charge on any atom is 0.245 e. The van der Waals surface area contributed by atoms with Gasteiger partial charge in [-0.15, -0.1) is 0 Å². The first kappa shape index (κ1) is 26.9. The molecule has 43 heavy (non-hydrogen) atoms. The van der Waals surface area contributed by atoms with Gasteiger partial charge >= 0.3 is 0 Å². The summed E-state index contributed by atoms with van der Waals surface area (Å²) in [6.07, 6.45) is 6.39. The third kappa shape index (κ3) is 4.73. The van der Waals surface area contributed by atoms with E-state index >= 15 is 8.78 Å². The fourth-order valence-corrected chi connectivity index (χ4v) is 6.16. The number of nitrogens with two attached hydrogens (primary N) is 1. The van der Waals surface area contributed by atoms with Gasteiger partial charge in [0, 0.05) is 49.7 Å². The zero-order valence-corrected chi connectivity index (χ0v) is 23.2. The van der Waals surface area contributed by atoms with Crippen molar-refractivity contribution in [2.24, 2.45) is 0 Å². The second-order valence-corrected chi connectivity index (χ2v) is 10.8. The largest absolute Gasteiger partial charge is 0.383 e. The Balaban J connectivity index is 1.29. The molecule has 10 nitrogen and oxygen atoms in total. The zero-order valence-electron chi connectivity index (χ0n) is 23.2. The van der Waals surface area contributed by atoms with E-state index in [2.05, 4.69) is 22.0 Å². The number of pyridine rings is 2. The van der Waals surface area contributed by atoms with E-state index < -0.39 is 18.0 Å². The Morgan fingerprint density at radius 3 is 2.70 bits per heavy atom. The van der Waals surface area contributed by atoms with Crippen molar-refractivity contribution in [3.8, 4) is 22.9 Å². The van der Waals surface area contributed by atoms with E-state index in [1.807, 2.05) is 6.07 Å². The molecule has 0 spiro atoms. The summed E-state index contributed by atoms with van der Waals surface area (Å²) < 4.78 is 35.0. The Bertz CT molecular complexity index is 1840. The molecule has 1 unspecified atom stereocenters. The van der Waals surface area contributed by atoms with Crippen LogP contribution in [0.3, 0.4) is 0 Å². The van der Waals surface area contributed by atoms with Crippen LogP contribution in [-0.4, -0.2) is 65.4 Å². The molecular formula is C31H29F2N9O. The lowest BCUT2D eigenvalue weighted by atomic mass is 10.0. The predicted molar refractivity (Wildman–Crippen MR) is 158 cm³/mol. The van der Waals surface area contributed by atoms with Gasteiger partial charge < -0.3 is 16.0 Å². The van der Waals surface area contributed by atoms with Crippen LogP contribution < -0.4 is 11.1 Å². The number of hydrogen-bond donors (Lipinski definition) is 2. The van der Waals surface area contributed by atoms with Crippen molar-refractivity contribution < 1.29 is 13.6 Å². The number of benzene rings is 1. The maximum absolute atomic E-state index is 16.1. The number of likely N-dealkylation sites (tertiary alicyclic amines) is 1. The molecule has 12 heteroatoms. The van der Waals surface area contributed by atoms with Crippen molar-refractivity contribution in [3.63, 3.8) is 0 Å². The van der Waals surface area contributed by atoms with Crippen molar-refractivity contribution >= 4 is 22.9 Å². The van der Waals surface area contributed by atoms with Crippen molar-refractivity contribution in [1.82, 2.24) is 39.5 Å². The number of halogens is 2. The molecular weight excluding hydrogens is 552 g/mol. The zero-order chi connectivity index (χ0) is 29.7. The van der Waals surface area contributed by atoms with E-state index in [1.54, 1.807) is 63.1 Å². The topological polar surface area (TPSA) is 120 Å². The van der Waals surface area contributed by atoms with Gasteiger partial charge in [0.2, 0.25) is 5.91 Å². The van der Waals surface area contributed by atoms with Gasteiger partial charge in [-0.2, -0.15) is 5.10 Å². The number of nitrogen functional groups attached to an aromatic ring is 1. The van der Waals surface area contributed by atoms with E-state index in [0.29, 0.717) is 71.1 Å². The van der Waals surface area contributed by atoms with E-state index in [9.17, 15) is 4.79 Å². The van der Waals surface area contributed by atoms with Crippen LogP contribution in [0.4, 0.5) is 14.6 Å². The first-order chi connectivity index (χ1) is 20.9. The van der Waals surface area contributed by atoms with Crippen LogP contribution >= 0.6 is 0 Å². The van der Waals surface area contributed by atoms with E-state index in [1.165, 1.54) is 12.1 Å². The van der Waals surface area contributed by atoms with Crippen LogP contribution in [0.5, 0.6) is 0 Å². The molecule has 7 rings (SSSR count). The number of piperidine rings is 1. The molecule has 5 heterocycles. The molecule has 3 N–H and O–H groups in total. The van der Waals surface area contributed by atoms with Crippen molar-refractivity contribution in [2.45, 2.75) is 37.5 Å². The number of rotatable bonds is 6. The summed E-state index contributed by atoms with van der Waals surface area (Å²) in [6.45, 7) is 4.63. The summed E-state index contributed by atoms with van der Waals surface area (Å²) >= 11 is 0. The normalized spacial score (nSPS) is 18.7. The van der Waals surface area contributed by atoms with E-state index in [0.717, 1.165) is 0 Å². The number of alkyl halides is 1. The third-order valence-electron chi connectivity index (χ3n) is 8.25. The van der Waals surface area contributed by atoms with Gasteiger partial charge in [-0.3, -0.25) is 9.36 Å². The molecule has 0 saturated carbocycles. The SMILES string of the molecule is C=CC(=O)N1CCC(N[C@@H]2c3c(F)cc(-n4c(-c5cccnc5N)nc5ccc(-n6cccn6)nc54)cc3CC2F)CC1. The molecule has 2 aliphatic rings. The summed E-state index contributed by atoms with van der Waals surface area (Å²) in [6, 6.07) is 11.3. The molecule has 0 bridgehead atoms. The Morgan fingerprint density at radius 1 is 1.12 bits per heavy atom. The number of carbonyl (C=O) groups excluding carboxylic acids is 1. The van der Waals surface area contributed by atoms with Crippen LogP contribution in [0, 0.1) is 5.82 Å². The van der Waals surface area contributed by atoms with Gasteiger partial charge in [-0.05, 0) is 66.9 Å². The molecule has 0 radical (unpaired) electrons. The minimum absolute atomic E-state index is 0.0372. The summed E-state index contributed by atoms with van der Waals surface area (Å²) in [5, 5.41) is 7.63. The number of imidazole rings is 1. The van der Waals surface area contributed by atoms with Crippen LogP contribution in [0.25, 0.3) is 34.1 Å². The number of nitrogens with zero attached hydrogens (tertiary/aromatic N) is 7. The van der Waals surface area contributed by atoms with E-state index in [-0.39, 0.29) is 24.2 Å². The molecule has 1 amide bonds. The highest BCUT2D eigenvalue weighted by molar-refractivity contribution is 5.87. The monoisotopic (exact) mass is 581 g/mol. The second-order valence-electron chi connectivity index (χ2n) is 10.8. The smallest absolute Gasteiger partial charge is 0.245 e. The average Bonchev–Trinajstić information content (AvgIpc) is 3.75. The van der Waals surface area contributed by atoms with Crippen molar-refractivity contribution in [2.75, 3.05) is 18.8 Å². The lowest BCUT2D eigenvalue weighted by Crippen LogP contribution is -2.46. The van der Waals surface area contributed by atoms with E-state index in [4.69, 9.17) is 15.7 Å². The first-order valence-corrected chi connectivity index (χ1v) is 14.2. The minimum Gasteiger partial charge on any atom is -0.383 e. The molecule has 218 valence electrons. The van der Waals surface area contributed by atoms with Crippen LogP contribution in [0.2, 0.25) is 0 Å². The lowest BCUT2D eigenvalue weighted by molar-refractivity contribution is -0.127. The fourth-order valence-electron chi connectivity index (χ4n) is 6.16. The number of carbonyl (C=O) groups is 1. The summed E-state index contributed by atoms with van der Waals surface area (Å²) in [7, 11) is 0. The Hall–Kier alpha value is -4.97. The van der Waals surface area contributed by atoms with Gasteiger partial charge in [-0.1, -0.05) is 6.58 Å². The standard InChI is InChI=1S/C31H29F2N9O/c1-2-26(43)40-13-8-19(9-14-40)37-28-23(33)16-18-15-20(17-22(32)27(18)28)42-30(21-5-3-10-35-29(21)34)38-24-6-7-25(39-31(24)42)41-12-4-11-36-41/h2-7,10-12,15,17,19,23,28,37H,1,8-9,13-14,16H2,(H2,34,35)/t23?,28-/m0/s1. The summed E-state index contributed by atoms with van der Waals surface area (Å²) in [4.78, 5) is 27.5. The van der Waals surface area contributed by atoms with Gasteiger partial charge in [0.15, 0.2) is 17.3 Å². The van der Waals surface area contributed by atoms with Crippen molar-refractivity contribution in [1.29, 1.82) is 0 Å². The van der Waals surface area contributed by atoms with Gasteiger partial charge in [0.05, 0.1) is 17.3 Å². The molecule has 2 atom stereocenters. The number of hydrogen-bond acceptors (Lipinski definition) is 7. The molecule has 1 aliphatic carbocycles. The number of nitrogens with one attached hydrogen (secondary N) is 1. The van der Waals surface area contributed by atoms with Crippen LogP contribution in [-0.2, 0) is 11.2 Å². The Morgan fingerprint density at radius 2 is 1.95 bits per heavy atom. The first-order valence-electron chi connectivity index (χ1n) is 14.2. The average molecular weight is 582 g/mol. The summed E-state index contributed by atoms with van der Waals surface area (Å²) in [5.41, 5.74) is 9.21. The fraction of sp³-hybridized carbons (Fsp3) is 0.258. The highest BCUT2D eigenvalue weighted by Crippen LogP contribution is 2.39.